The molecule has 1 aromatic carbocycles. The Balaban J connectivity index is 1.49. The molecule has 0 bridgehead atoms. The van der Waals surface area contributed by atoms with Gasteiger partial charge in [0.25, 0.3) is 5.91 Å². The Morgan fingerprint density at radius 1 is 1.24 bits per heavy atom. The van der Waals surface area contributed by atoms with Gasteiger partial charge < -0.3 is 9.88 Å². The molecule has 0 radical (unpaired) electrons. The number of aryl methyl sites for hydroxylation is 1. The van der Waals surface area contributed by atoms with Crippen LogP contribution in [0.2, 0.25) is 0 Å². The molecule has 1 N–H and O–H groups in total. The summed E-state index contributed by atoms with van der Waals surface area (Å²) in [6, 6.07) is 10.1. The van der Waals surface area contributed by atoms with Crippen molar-refractivity contribution in [2.75, 3.05) is 0 Å². The molecule has 150 valence electrons. The third kappa shape index (κ3) is 4.24. The van der Waals surface area contributed by atoms with E-state index in [2.05, 4.69) is 41.4 Å². The lowest BCUT2D eigenvalue weighted by molar-refractivity contribution is 0.0955. The van der Waals surface area contributed by atoms with Gasteiger partial charge in [0.15, 0.2) is 0 Å². The largest absolute Gasteiger partial charge is 0.347 e. The number of carbonyl (C=O) groups is 1. The number of amides is 1. The summed E-state index contributed by atoms with van der Waals surface area (Å²) in [6.07, 6.45) is 5.51. The molecule has 29 heavy (non-hydrogen) atoms. The molecule has 0 fully saturated rings. The van der Waals surface area contributed by atoms with Gasteiger partial charge in [-0.15, -0.1) is 11.3 Å². The predicted octanol–water partition coefficient (Wildman–Crippen LogP) is 4.24. The van der Waals surface area contributed by atoms with Crippen LogP contribution in [0.15, 0.2) is 49.1 Å². The summed E-state index contributed by atoms with van der Waals surface area (Å²) in [5.41, 5.74) is 3.25. The number of rotatable bonds is 7. The van der Waals surface area contributed by atoms with E-state index in [1.54, 1.807) is 12.5 Å². The number of nitrogens with zero attached hydrogens (tertiary/aromatic N) is 4. The Morgan fingerprint density at radius 2 is 2.03 bits per heavy atom. The lowest BCUT2D eigenvalue weighted by atomic mass is 10.1. The highest BCUT2D eigenvalue weighted by molar-refractivity contribution is 7.20. The minimum atomic E-state index is -0.0425. The number of thiophene rings is 1. The van der Waals surface area contributed by atoms with E-state index in [1.165, 1.54) is 16.9 Å². The molecule has 0 aliphatic carbocycles. The molecule has 4 aromatic rings. The first-order valence-electron chi connectivity index (χ1n) is 9.79. The molecule has 4 rings (SSSR count). The van der Waals surface area contributed by atoms with Crippen molar-refractivity contribution < 1.29 is 4.79 Å². The van der Waals surface area contributed by atoms with Crippen LogP contribution in [0.25, 0.3) is 10.2 Å². The minimum absolute atomic E-state index is 0.0425. The van der Waals surface area contributed by atoms with Gasteiger partial charge in [0.1, 0.15) is 4.83 Å². The molecule has 0 spiro atoms. The smallest absolute Gasteiger partial charge is 0.261 e. The first-order valence-corrected chi connectivity index (χ1v) is 10.6. The first kappa shape index (κ1) is 19.4. The van der Waals surface area contributed by atoms with Crippen LogP contribution in [0.3, 0.4) is 0 Å². The van der Waals surface area contributed by atoms with Gasteiger partial charge in [-0.25, -0.2) is 4.98 Å². The highest BCUT2D eigenvalue weighted by Crippen LogP contribution is 2.29. The van der Waals surface area contributed by atoms with Gasteiger partial charge in [-0.3, -0.25) is 9.48 Å². The normalized spacial score (nSPS) is 11.4. The molecular weight excluding hydrogens is 382 g/mol. The van der Waals surface area contributed by atoms with Crippen molar-refractivity contribution in [2.45, 2.75) is 40.4 Å². The number of fused-ring (bicyclic) bond motifs is 1. The van der Waals surface area contributed by atoms with Gasteiger partial charge in [-0.1, -0.05) is 38.1 Å². The van der Waals surface area contributed by atoms with Crippen molar-refractivity contribution in [3.8, 4) is 0 Å². The molecule has 3 aromatic heterocycles. The third-order valence-corrected chi connectivity index (χ3v) is 5.99. The number of hydrogen-bond donors (Lipinski definition) is 1. The summed E-state index contributed by atoms with van der Waals surface area (Å²) < 4.78 is 4.05. The van der Waals surface area contributed by atoms with Crippen LogP contribution in [-0.4, -0.2) is 25.2 Å². The van der Waals surface area contributed by atoms with E-state index in [1.807, 2.05) is 40.6 Å². The summed E-state index contributed by atoms with van der Waals surface area (Å²) in [5.74, 6) is 0.461. The zero-order valence-electron chi connectivity index (χ0n) is 16.9. The van der Waals surface area contributed by atoms with E-state index in [0.717, 1.165) is 39.4 Å². The molecule has 1 amide bonds. The van der Waals surface area contributed by atoms with Crippen LogP contribution in [0.5, 0.6) is 0 Å². The zero-order valence-corrected chi connectivity index (χ0v) is 17.7. The average Bonchev–Trinajstić information content (AvgIpc) is 3.40. The molecule has 0 saturated carbocycles. The van der Waals surface area contributed by atoms with Crippen LogP contribution in [0, 0.1) is 12.8 Å². The number of hydrogen-bond acceptors (Lipinski definition) is 4. The Hall–Kier alpha value is -2.93. The van der Waals surface area contributed by atoms with Crippen molar-refractivity contribution in [3.05, 3.63) is 70.8 Å². The van der Waals surface area contributed by atoms with Gasteiger partial charge in [-0.05, 0) is 30.0 Å². The third-order valence-electron chi connectivity index (χ3n) is 4.84. The second kappa shape index (κ2) is 8.21. The summed E-state index contributed by atoms with van der Waals surface area (Å²) in [4.78, 5) is 18.7. The summed E-state index contributed by atoms with van der Waals surface area (Å²) in [6.45, 7) is 8.43. The molecular formula is C22H25N5OS. The Morgan fingerprint density at radius 3 is 2.76 bits per heavy atom. The SMILES string of the molecule is Cc1nn(CC(C)C)c2sc(C(=O)NCc3ccccc3Cn3ccnc3)cc12. The molecule has 3 heterocycles. The van der Waals surface area contributed by atoms with Crippen molar-refractivity contribution in [1.82, 2.24) is 24.6 Å². The summed E-state index contributed by atoms with van der Waals surface area (Å²) in [7, 11) is 0. The predicted molar refractivity (Wildman–Crippen MR) is 116 cm³/mol. The molecule has 6 nitrogen and oxygen atoms in total. The van der Waals surface area contributed by atoms with Gasteiger partial charge in [0.05, 0.1) is 16.9 Å². The van der Waals surface area contributed by atoms with Gasteiger partial charge >= 0.3 is 0 Å². The first-order chi connectivity index (χ1) is 14.0. The van der Waals surface area contributed by atoms with Crippen molar-refractivity contribution in [3.63, 3.8) is 0 Å². The summed E-state index contributed by atoms with van der Waals surface area (Å²) in [5, 5.41) is 8.77. The standard InChI is InChI=1S/C22H25N5OS/c1-15(2)12-27-22-19(16(3)25-27)10-20(29-22)21(28)24-11-17-6-4-5-7-18(17)13-26-9-8-23-14-26/h4-10,14-15H,11-13H2,1-3H3,(H,24,28). The lowest BCUT2D eigenvalue weighted by Crippen LogP contribution is -2.22. The van der Waals surface area contributed by atoms with E-state index in [9.17, 15) is 4.79 Å². The number of carbonyl (C=O) groups excluding carboxylic acids is 1. The minimum Gasteiger partial charge on any atom is -0.347 e. The summed E-state index contributed by atoms with van der Waals surface area (Å²) >= 11 is 1.51. The van der Waals surface area contributed by atoms with Crippen LogP contribution in [0.1, 0.15) is 40.3 Å². The molecule has 0 unspecified atom stereocenters. The molecule has 0 aliphatic rings. The Kier molecular flexibility index (Phi) is 5.49. The number of imidazole rings is 1. The van der Waals surface area contributed by atoms with Crippen LogP contribution < -0.4 is 5.32 Å². The van der Waals surface area contributed by atoms with Gasteiger partial charge in [0, 0.05) is 37.4 Å². The monoisotopic (exact) mass is 407 g/mol. The van der Waals surface area contributed by atoms with Crippen molar-refractivity contribution in [2.24, 2.45) is 5.92 Å². The highest BCUT2D eigenvalue weighted by atomic mass is 32.1. The van der Waals surface area contributed by atoms with Crippen molar-refractivity contribution in [1.29, 1.82) is 0 Å². The van der Waals surface area contributed by atoms with E-state index in [0.29, 0.717) is 12.5 Å². The van der Waals surface area contributed by atoms with Gasteiger partial charge in [-0.2, -0.15) is 5.10 Å². The van der Waals surface area contributed by atoms with Gasteiger partial charge in [0.2, 0.25) is 0 Å². The second-order valence-electron chi connectivity index (χ2n) is 7.68. The number of aromatic nitrogens is 4. The van der Waals surface area contributed by atoms with Crippen molar-refractivity contribution >= 4 is 27.5 Å². The fraction of sp³-hybridized carbons (Fsp3) is 0.318. The molecule has 0 saturated heterocycles. The number of benzene rings is 1. The zero-order chi connectivity index (χ0) is 20.4. The molecule has 7 heteroatoms. The average molecular weight is 408 g/mol. The van der Waals surface area contributed by atoms with E-state index < -0.39 is 0 Å². The highest BCUT2D eigenvalue weighted by Gasteiger charge is 2.17. The Bertz CT molecular complexity index is 1120. The van der Waals surface area contributed by atoms with E-state index >= 15 is 0 Å². The van der Waals surface area contributed by atoms with Crippen LogP contribution in [0.4, 0.5) is 0 Å². The fourth-order valence-electron chi connectivity index (χ4n) is 3.42. The maximum Gasteiger partial charge on any atom is 0.261 e. The maximum atomic E-state index is 12.8. The molecule has 0 atom stereocenters. The van der Waals surface area contributed by atoms with Crippen LogP contribution >= 0.6 is 11.3 Å². The maximum absolute atomic E-state index is 12.8. The van der Waals surface area contributed by atoms with Crippen LogP contribution in [-0.2, 0) is 19.6 Å². The second-order valence-corrected chi connectivity index (χ2v) is 8.71. The molecule has 0 aliphatic heterocycles. The lowest BCUT2D eigenvalue weighted by Gasteiger charge is -2.11. The quantitative estimate of drug-likeness (QED) is 0.498. The topological polar surface area (TPSA) is 64.7 Å². The number of nitrogens with one attached hydrogen (secondary N) is 1. The van der Waals surface area contributed by atoms with E-state index in [4.69, 9.17) is 0 Å². The Labute approximate surface area is 174 Å². The fourth-order valence-corrected chi connectivity index (χ4v) is 4.51. The van der Waals surface area contributed by atoms with E-state index in [-0.39, 0.29) is 5.91 Å².